The lowest BCUT2D eigenvalue weighted by Gasteiger charge is -2.24. The largest absolute Gasteiger partial charge is 0.379 e. The van der Waals surface area contributed by atoms with Crippen LogP contribution in [0.4, 0.5) is 0 Å². The van der Waals surface area contributed by atoms with Crippen LogP contribution in [-0.4, -0.2) is 51.6 Å². The Balaban J connectivity index is 2.30. The molecule has 0 spiro atoms. The maximum atomic E-state index is 11.6. The number of hydrogen-bond donors (Lipinski definition) is 2. The highest BCUT2D eigenvalue weighted by molar-refractivity contribution is 7.90. The van der Waals surface area contributed by atoms with Gasteiger partial charge in [-0.1, -0.05) is 0 Å². The van der Waals surface area contributed by atoms with Crippen LogP contribution >= 0.6 is 0 Å². The molecule has 1 saturated heterocycles. The molecule has 1 aliphatic rings. The molecule has 6 nitrogen and oxygen atoms in total. The molecular formula is C10H20N2O4S. The maximum absolute atomic E-state index is 11.6. The second-order valence-corrected chi connectivity index (χ2v) is 6.71. The molecule has 7 heteroatoms. The number of sulfone groups is 1. The topological polar surface area (TPSA) is 98.5 Å². The summed E-state index contributed by atoms with van der Waals surface area (Å²) in [4.78, 5) is 11.6. The van der Waals surface area contributed by atoms with Gasteiger partial charge in [0.1, 0.15) is 9.84 Å². The van der Waals surface area contributed by atoms with Crippen LogP contribution in [0, 0.1) is 0 Å². The van der Waals surface area contributed by atoms with Crippen molar-refractivity contribution in [3.8, 4) is 0 Å². The van der Waals surface area contributed by atoms with Crippen molar-refractivity contribution in [1.82, 2.24) is 5.32 Å². The fourth-order valence-corrected chi connectivity index (χ4v) is 2.32. The highest BCUT2D eigenvalue weighted by Gasteiger charge is 2.21. The third-order valence-electron chi connectivity index (χ3n) is 2.64. The fraction of sp³-hybridized carbons (Fsp3) is 0.900. The van der Waals surface area contributed by atoms with Crippen molar-refractivity contribution in [3.05, 3.63) is 0 Å². The summed E-state index contributed by atoms with van der Waals surface area (Å²) in [6, 6.07) is -0.771. The minimum Gasteiger partial charge on any atom is -0.379 e. The van der Waals surface area contributed by atoms with Gasteiger partial charge in [-0.3, -0.25) is 4.79 Å². The van der Waals surface area contributed by atoms with Crippen LogP contribution in [0.1, 0.15) is 19.3 Å². The summed E-state index contributed by atoms with van der Waals surface area (Å²) < 4.78 is 27.1. The standard InChI is InChI=1S/C10H20N2O4S/c1-17(14,15)6-4-9(11)10(13)12-8-3-2-5-16-7-8/h8-9H,2-7,11H2,1H3,(H,12,13). The molecule has 1 rings (SSSR count). The molecule has 0 bridgehead atoms. The number of carbonyl (C=O) groups is 1. The van der Waals surface area contributed by atoms with Gasteiger partial charge >= 0.3 is 0 Å². The molecule has 0 aromatic carbocycles. The molecule has 0 aromatic heterocycles. The summed E-state index contributed by atoms with van der Waals surface area (Å²) in [6.45, 7) is 1.23. The predicted molar refractivity (Wildman–Crippen MR) is 64.3 cm³/mol. The second kappa shape index (κ2) is 6.32. The fourth-order valence-electron chi connectivity index (χ4n) is 1.63. The van der Waals surface area contributed by atoms with Crippen LogP contribution in [0.2, 0.25) is 0 Å². The first-order valence-corrected chi connectivity index (χ1v) is 7.76. The average molecular weight is 264 g/mol. The number of carbonyl (C=O) groups excluding carboxylic acids is 1. The summed E-state index contributed by atoms with van der Waals surface area (Å²) in [5, 5.41) is 2.77. The van der Waals surface area contributed by atoms with E-state index in [2.05, 4.69) is 5.32 Å². The minimum atomic E-state index is -3.07. The summed E-state index contributed by atoms with van der Waals surface area (Å²) in [7, 11) is -3.07. The Morgan fingerprint density at radius 1 is 1.59 bits per heavy atom. The lowest BCUT2D eigenvalue weighted by atomic mass is 10.1. The van der Waals surface area contributed by atoms with Crippen molar-refractivity contribution in [2.75, 3.05) is 25.2 Å². The normalized spacial score (nSPS) is 23.1. The van der Waals surface area contributed by atoms with E-state index in [1.807, 2.05) is 0 Å². The van der Waals surface area contributed by atoms with Gasteiger partial charge in [0.2, 0.25) is 5.91 Å². The zero-order valence-corrected chi connectivity index (χ0v) is 10.8. The van der Waals surface area contributed by atoms with Gasteiger partial charge in [0, 0.05) is 12.9 Å². The zero-order valence-electron chi connectivity index (χ0n) is 10.0. The van der Waals surface area contributed by atoms with E-state index in [-0.39, 0.29) is 24.1 Å². The van der Waals surface area contributed by atoms with E-state index < -0.39 is 15.9 Å². The molecule has 0 radical (unpaired) electrons. The molecule has 1 fully saturated rings. The summed E-state index contributed by atoms with van der Waals surface area (Å²) in [5.74, 6) is -0.368. The molecule has 100 valence electrons. The average Bonchev–Trinajstić information content (AvgIpc) is 2.26. The van der Waals surface area contributed by atoms with Gasteiger partial charge in [0.05, 0.1) is 24.4 Å². The number of hydrogen-bond acceptors (Lipinski definition) is 5. The third kappa shape index (κ3) is 5.99. The summed E-state index contributed by atoms with van der Waals surface area (Å²) in [6.07, 6.45) is 3.08. The second-order valence-electron chi connectivity index (χ2n) is 4.45. The van der Waals surface area contributed by atoms with E-state index >= 15 is 0 Å². The zero-order chi connectivity index (χ0) is 12.9. The monoisotopic (exact) mass is 264 g/mol. The minimum absolute atomic E-state index is 0.000494. The maximum Gasteiger partial charge on any atom is 0.237 e. The van der Waals surface area contributed by atoms with Gasteiger partial charge in [0.25, 0.3) is 0 Å². The lowest BCUT2D eigenvalue weighted by Crippen LogP contribution is -2.48. The number of rotatable bonds is 5. The first kappa shape index (κ1) is 14.4. The molecule has 2 unspecified atom stereocenters. The molecule has 0 saturated carbocycles. The Labute approximate surface area is 102 Å². The molecule has 0 aliphatic carbocycles. The summed E-state index contributed by atoms with van der Waals surface area (Å²) >= 11 is 0. The van der Waals surface area contributed by atoms with Gasteiger partial charge in [-0.2, -0.15) is 0 Å². The van der Waals surface area contributed by atoms with Crippen LogP contribution in [0.15, 0.2) is 0 Å². The van der Waals surface area contributed by atoms with Gasteiger partial charge in [0.15, 0.2) is 0 Å². The van der Waals surface area contributed by atoms with E-state index in [1.165, 1.54) is 0 Å². The Bertz CT molecular complexity index is 349. The van der Waals surface area contributed by atoms with E-state index in [4.69, 9.17) is 10.5 Å². The van der Waals surface area contributed by atoms with Crippen LogP contribution in [0.5, 0.6) is 0 Å². The molecule has 3 N–H and O–H groups in total. The highest BCUT2D eigenvalue weighted by Crippen LogP contribution is 2.06. The van der Waals surface area contributed by atoms with Crippen LogP contribution in [0.25, 0.3) is 0 Å². The van der Waals surface area contributed by atoms with Crippen molar-refractivity contribution >= 4 is 15.7 Å². The number of amides is 1. The molecule has 1 aliphatic heterocycles. The van der Waals surface area contributed by atoms with Gasteiger partial charge in [-0.25, -0.2) is 8.42 Å². The molecule has 2 atom stereocenters. The van der Waals surface area contributed by atoms with E-state index in [9.17, 15) is 13.2 Å². The summed E-state index contributed by atoms with van der Waals surface area (Å²) in [5.41, 5.74) is 5.62. The van der Waals surface area contributed by atoms with Crippen LogP contribution in [0.3, 0.4) is 0 Å². The van der Waals surface area contributed by atoms with E-state index in [0.717, 1.165) is 25.7 Å². The number of ether oxygens (including phenoxy) is 1. The van der Waals surface area contributed by atoms with Crippen LogP contribution < -0.4 is 11.1 Å². The van der Waals surface area contributed by atoms with Crippen molar-refractivity contribution in [2.24, 2.45) is 5.73 Å². The molecule has 17 heavy (non-hydrogen) atoms. The molecule has 1 heterocycles. The van der Waals surface area contributed by atoms with Gasteiger partial charge in [-0.05, 0) is 19.3 Å². The quantitative estimate of drug-likeness (QED) is 0.666. The van der Waals surface area contributed by atoms with Gasteiger partial charge in [-0.15, -0.1) is 0 Å². The first-order chi connectivity index (χ1) is 7.88. The molecule has 0 aromatic rings. The molecule has 1 amide bonds. The Morgan fingerprint density at radius 3 is 2.82 bits per heavy atom. The predicted octanol–water partition coefficient (Wildman–Crippen LogP) is -0.956. The third-order valence-corrected chi connectivity index (χ3v) is 3.62. The number of nitrogens with two attached hydrogens (primary N) is 1. The Hall–Kier alpha value is -0.660. The van der Waals surface area contributed by atoms with Crippen molar-refractivity contribution in [2.45, 2.75) is 31.3 Å². The number of nitrogens with one attached hydrogen (secondary N) is 1. The highest BCUT2D eigenvalue weighted by atomic mass is 32.2. The lowest BCUT2D eigenvalue weighted by molar-refractivity contribution is -0.124. The van der Waals surface area contributed by atoms with Crippen molar-refractivity contribution in [3.63, 3.8) is 0 Å². The van der Waals surface area contributed by atoms with Gasteiger partial charge < -0.3 is 15.8 Å². The SMILES string of the molecule is CS(=O)(=O)CCC(N)C(=O)NC1CCCOC1. The van der Waals surface area contributed by atoms with Crippen molar-refractivity contribution < 1.29 is 17.9 Å². The first-order valence-electron chi connectivity index (χ1n) is 5.70. The van der Waals surface area contributed by atoms with E-state index in [1.54, 1.807) is 0 Å². The van der Waals surface area contributed by atoms with Crippen LogP contribution in [-0.2, 0) is 19.4 Å². The van der Waals surface area contributed by atoms with E-state index in [0.29, 0.717) is 6.61 Å². The van der Waals surface area contributed by atoms with Crippen molar-refractivity contribution in [1.29, 1.82) is 0 Å². The Morgan fingerprint density at radius 2 is 2.29 bits per heavy atom. The smallest absolute Gasteiger partial charge is 0.237 e. The Kier molecular flexibility index (Phi) is 5.35. The molecular weight excluding hydrogens is 244 g/mol.